The quantitative estimate of drug-likeness (QED) is 0.710. The van der Waals surface area contributed by atoms with Crippen LogP contribution < -0.4 is 10.6 Å². The molecule has 1 aliphatic rings. The van der Waals surface area contributed by atoms with Crippen LogP contribution in [0.4, 0.5) is 5.95 Å². The van der Waals surface area contributed by atoms with Crippen molar-refractivity contribution in [1.82, 2.24) is 15.3 Å². The molecule has 2 N–H and O–H groups in total. The third kappa shape index (κ3) is 6.30. The monoisotopic (exact) mass is 330 g/mol. The fraction of sp³-hybridized carbons (Fsp3) is 0.632. The van der Waals surface area contributed by atoms with E-state index in [0.717, 1.165) is 25.1 Å². The normalized spacial score (nSPS) is 14.4. The van der Waals surface area contributed by atoms with Crippen LogP contribution in [0.25, 0.3) is 0 Å². The molecule has 0 fully saturated rings. The predicted molar refractivity (Wildman–Crippen MR) is 98.2 cm³/mol. The maximum atomic E-state index is 12.2. The summed E-state index contributed by atoms with van der Waals surface area (Å²) in [6, 6.07) is 1.74. The van der Waals surface area contributed by atoms with Crippen molar-refractivity contribution in [3.05, 3.63) is 29.1 Å². The first-order chi connectivity index (χ1) is 11.5. The molecule has 0 radical (unpaired) electrons. The maximum Gasteiger partial charge on any atom is 0.270 e. The number of nitrogens with zero attached hydrogens (tertiary/aromatic N) is 2. The highest BCUT2D eigenvalue weighted by molar-refractivity contribution is 5.92. The van der Waals surface area contributed by atoms with Gasteiger partial charge in [0.2, 0.25) is 5.95 Å². The van der Waals surface area contributed by atoms with Crippen molar-refractivity contribution in [3.8, 4) is 0 Å². The number of carbonyl (C=O) groups is 1. The van der Waals surface area contributed by atoms with Gasteiger partial charge in [-0.2, -0.15) is 0 Å². The molecule has 132 valence electrons. The third-order valence-electron chi connectivity index (χ3n) is 4.21. The molecule has 2 rings (SSSR count). The Labute approximate surface area is 145 Å². The first kappa shape index (κ1) is 18.4. The van der Waals surface area contributed by atoms with Crippen LogP contribution in [0.3, 0.4) is 0 Å². The lowest BCUT2D eigenvalue weighted by molar-refractivity contribution is 0.0947. The molecule has 0 bridgehead atoms. The zero-order valence-electron chi connectivity index (χ0n) is 15.2. The van der Waals surface area contributed by atoms with E-state index in [1.807, 2.05) is 6.92 Å². The molecule has 0 atom stereocenters. The summed E-state index contributed by atoms with van der Waals surface area (Å²) in [6.45, 7) is 7.66. The molecule has 24 heavy (non-hydrogen) atoms. The van der Waals surface area contributed by atoms with E-state index in [0.29, 0.717) is 24.1 Å². The Balaban J connectivity index is 1.87. The number of hydrogen-bond acceptors (Lipinski definition) is 4. The molecule has 5 heteroatoms. The number of rotatable bonds is 8. The van der Waals surface area contributed by atoms with Gasteiger partial charge in [-0.25, -0.2) is 9.97 Å². The van der Waals surface area contributed by atoms with E-state index in [2.05, 4.69) is 40.5 Å². The summed E-state index contributed by atoms with van der Waals surface area (Å²) in [4.78, 5) is 21.0. The largest absolute Gasteiger partial charge is 0.354 e. The molecular formula is C19H30N4O. The highest BCUT2D eigenvalue weighted by Gasteiger charge is 2.11. The van der Waals surface area contributed by atoms with Crippen LogP contribution >= 0.6 is 0 Å². The summed E-state index contributed by atoms with van der Waals surface area (Å²) in [5.41, 5.74) is 2.76. The molecule has 0 unspecified atom stereocenters. The number of hydrogen-bond donors (Lipinski definition) is 2. The number of allylic oxidation sites excluding steroid dienone is 1. The Morgan fingerprint density at radius 1 is 1.25 bits per heavy atom. The molecule has 1 amide bonds. The number of anilines is 1. The minimum Gasteiger partial charge on any atom is -0.354 e. The van der Waals surface area contributed by atoms with E-state index < -0.39 is 0 Å². The highest BCUT2D eigenvalue weighted by Crippen LogP contribution is 2.19. The Bertz CT molecular complexity index is 581. The summed E-state index contributed by atoms with van der Waals surface area (Å²) >= 11 is 0. The van der Waals surface area contributed by atoms with Gasteiger partial charge in [0.05, 0.1) is 0 Å². The molecule has 1 aliphatic carbocycles. The average molecular weight is 330 g/mol. The van der Waals surface area contributed by atoms with Crippen molar-refractivity contribution in [2.75, 3.05) is 18.4 Å². The number of aryl methyl sites for hydroxylation is 1. The second-order valence-corrected chi connectivity index (χ2v) is 6.94. The van der Waals surface area contributed by atoms with Crippen molar-refractivity contribution >= 4 is 11.9 Å². The molecule has 1 aromatic rings. The summed E-state index contributed by atoms with van der Waals surface area (Å²) in [5, 5.41) is 6.19. The van der Waals surface area contributed by atoms with Crippen LogP contribution in [0.15, 0.2) is 17.7 Å². The summed E-state index contributed by atoms with van der Waals surface area (Å²) in [7, 11) is 0. The predicted octanol–water partition coefficient (Wildman–Crippen LogP) is 3.86. The van der Waals surface area contributed by atoms with E-state index in [9.17, 15) is 4.79 Å². The number of nitrogens with one attached hydrogen (secondary N) is 2. The van der Waals surface area contributed by atoms with Crippen molar-refractivity contribution in [2.24, 2.45) is 5.92 Å². The first-order valence-corrected chi connectivity index (χ1v) is 9.10. The Morgan fingerprint density at radius 2 is 2.08 bits per heavy atom. The van der Waals surface area contributed by atoms with E-state index in [-0.39, 0.29) is 5.91 Å². The number of amides is 1. The topological polar surface area (TPSA) is 66.9 Å². The lowest BCUT2D eigenvalue weighted by Gasteiger charge is -2.13. The van der Waals surface area contributed by atoms with Gasteiger partial charge >= 0.3 is 0 Å². The van der Waals surface area contributed by atoms with Crippen molar-refractivity contribution < 1.29 is 4.79 Å². The number of carbonyl (C=O) groups excluding carboxylic acids is 1. The Morgan fingerprint density at radius 3 is 2.79 bits per heavy atom. The summed E-state index contributed by atoms with van der Waals surface area (Å²) in [6.07, 6.45) is 9.37. The lowest BCUT2D eigenvalue weighted by atomic mass is 9.97. The van der Waals surface area contributed by atoms with Crippen LogP contribution in [-0.2, 0) is 0 Å². The molecule has 0 aliphatic heterocycles. The number of aromatic nitrogens is 2. The van der Waals surface area contributed by atoms with Crippen LogP contribution in [-0.4, -0.2) is 29.0 Å². The van der Waals surface area contributed by atoms with Crippen molar-refractivity contribution in [1.29, 1.82) is 0 Å². The molecule has 0 spiro atoms. The van der Waals surface area contributed by atoms with Gasteiger partial charge in [-0.1, -0.05) is 25.5 Å². The zero-order valence-corrected chi connectivity index (χ0v) is 15.2. The molecule has 5 nitrogen and oxygen atoms in total. The van der Waals surface area contributed by atoms with E-state index in [1.165, 1.54) is 31.3 Å². The first-order valence-electron chi connectivity index (χ1n) is 9.10. The molecular weight excluding hydrogens is 300 g/mol. The van der Waals surface area contributed by atoms with Crippen molar-refractivity contribution in [3.63, 3.8) is 0 Å². The summed E-state index contributed by atoms with van der Waals surface area (Å²) < 4.78 is 0. The van der Waals surface area contributed by atoms with Gasteiger partial charge in [0, 0.05) is 18.8 Å². The van der Waals surface area contributed by atoms with Crippen molar-refractivity contribution in [2.45, 2.75) is 59.3 Å². The zero-order chi connectivity index (χ0) is 17.4. The van der Waals surface area contributed by atoms with Crippen LogP contribution in [0.5, 0.6) is 0 Å². The molecule has 1 aromatic heterocycles. The lowest BCUT2D eigenvalue weighted by Crippen LogP contribution is -2.26. The fourth-order valence-electron chi connectivity index (χ4n) is 2.80. The van der Waals surface area contributed by atoms with Gasteiger partial charge in [-0.3, -0.25) is 4.79 Å². The molecule has 0 saturated carbocycles. The molecule has 0 aromatic carbocycles. The highest BCUT2D eigenvalue weighted by atomic mass is 16.1. The van der Waals surface area contributed by atoms with E-state index >= 15 is 0 Å². The Kier molecular flexibility index (Phi) is 7.22. The average Bonchev–Trinajstić information content (AvgIpc) is 2.55. The van der Waals surface area contributed by atoms with Crippen LogP contribution in [0.2, 0.25) is 0 Å². The standard InChI is InChI=1S/C19H30N4O/c1-14(2)9-11-20-18(24)17-13-15(3)22-19(23-17)21-12-10-16-7-5-4-6-8-16/h7,13-14H,4-6,8-12H2,1-3H3,(H,20,24)(H,21,22,23). The third-order valence-corrected chi connectivity index (χ3v) is 4.21. The maximum absolute atomic E-state index is 12.2. The minimum absolute atomic E-state index is 0.126. The van der Waals surface area contributed by atoms with E-state index in [1.54, 1.807) is 6.07 Å². The smallest absolute Gasteiger partial charge is 0.270 e. The van der Waals surface area contributed by atoms with Gasteiger partial charge in [-0.05, 0) is 57.4 Å². The van der Waals surface area contributed by atoms with Gasteiger partial charge in [0.25, 0.3) is 5.91 Å². The fourth-order valence-corrected chi connectivity index (χ4v) is 2.80. The second kappa shape index (κ2) is 9.40. The van der Waals surface area contributed by atoms with Gasteiger partial charge in [0.15, 0.2) is 0 Å². The second-order valence-electron chi connectivity index (χ2n) is 6.94. The SMILES string of the molecule is Cc1cc(C(=O)NCCC(C)C)nc(NCCC2=CCCCC2)n1. The van der Waals surface area contributed by atoms with Crippen LogP contribution in [0, 0.1) is 12.8 Å². The molecule has 1 heterocycles. The van der Waals surface area contributed by atoms with Crippen LogP contribution in [0.1, 0.15) is 68.6 Å². The van der Waals surface area contributed by atoms with Gasteiger partial charge in [-0.15, -0.1) is 0 Å². The Hall–Kier alpha value is -1.91. The summed E-state index contributed by atoms with van der Waals surface area (Å²) in [5.74, 6) is 0.989. The van der Waals surface area contributed by atoms with Gasteiger partial charge in [0.1, 0.15) is 5.69 Å². The molecule has 0 saturated heterocycles. The van der Waals surface area contributed by atoms with E-state index in [4.69, 9.17) is 0 Å². The van der Waals surface area contributed by atoms with Gasteiger partial charge < -0.3 is 10.6 Å². The minimum atomic E-state index is -0.126.